The summed E-state index contributed by atoms with van der Waals surface area (Å²) in [4.78, 5) is 22.4. The fraction of sp³-hybridized carbons (Fsp3) is 0.833. The highest BCUT2D eigenvalue weighted by Gasteiger charge is 2.31. The van der Waals surface area contributed by atoms with E-state index < -0.39 is 18.0 Å². The van der Waals surface area contributed by atoms with Gasteiger partial charge >= 0.3 is 12.0 Å². The van der Waals surface area contributed by atoms with Crippen LogP contribution >= 0.6 is 0 Å². The van der Waals surface area contributed by atoms with E-state index >= 15 is 0 Å². The van der Waals surface area contributed by atoms with Gasteiger partial charge in [0.25, 0.3) is 0 Å². The molecular formula is C12H22N2O4. The molecule has 0 aromatic rings. The lowest BCUT2D eigenvalue weighted by Gasteiger charge is -2.35. The first-order chi connectivity index (χ1) is 8.56. The Balaban J connectivity index is 2.23. The van der Waals surface area contributed by atoms with Gasteiger partial charge in [-0.2, -0.15) is 0 Å². The molecule has 0 heterocycles. The Labute approximate surface area is 107 Å². The van der Waals surface area contributed by atoms with Crippen LogP contribution in [0.2, 0.25) is 0 Å². The van der Waals surface area contributed by atoms with Crippen molar-refractivity contribution in [1.82, 2.24) is 10.6 Å². The molecule has 104 valence electrons. The number of urea groups is 1. The molecule has 1 saturated carbocycles. The minimum absolute atomic E-state index is 0.0950. The topological polar surface area (TPSA) is 87.7 Å². The van der Waals surface area contributed by atoms with E-state index in [4.69, 9.17) is 9.84 Å². The van der Waals surface area contributed by atoms with Crippen molar-refractivity contribution < 1.29 is 19.4 Å². The Morgan fingerprint density at radius 3 is 2.56 bits per heavy atom. The maximum absolute atomic E-state index is 11.6. The molecule has 1 atom stereocenters. The predicted molar refractivity (Wildman–Crippen MR) is 66.4 cm³/mol. The van der Waals surface area contributed by atoms with Crippen molar-refractivity contribution in [2.45, 2.75) is 57.7 Å². The number of hydrogen-bond acceptors (Lipinski definition) is 3. The van der Waals surface area contributed by atoms with E-state index in [9.17, 15) is 9.59 Å². The second-order valence-electron chi connectivity index (χ2n) is 4.54. The Morgan fingerprint density at radius 1 is 1.39 bits per heavy atom. The molecule has 18 heavy (non-hydrogen) atoms. The third-order valence-corrected chi connectivity index (χ3v) is 3.01. The molecule has 6 nitrogen and oxygen atoms in total. The number of amides is 2. The monoisotopic (exact) mass is 258 g/mol. The number of ether oxygens (including phenoxy) is 1. The molecule has 1 fully saturated rings. The number of nitrogens with one attached hydrogen (secondary N) is 2. The molecule has 0 saturated heterocycles. The number of hydrogen-bond donors (Lipinski definition) is 3. The number of carbonyl (C=O) groups is 2. The molecule has 1 aliphatic rings. The first-order valence-electron chi connectivity index (χ1n) is 6.48. The zero-order chi connectivity index (χ0) is 13.5. The fourth-order valence-electron chi connectivity index (χ4n) is 1.99. The standard InChI is InChI=1S/C12H22N2O4/c1-3-5-10(11(15)16)14-12(17)13-8-6-9(7-8)18-4-2/h8-10H,3-7H2,1-2H3,(H,15,16)(H2,13,14,17)/t8?,9?,10-/m1/s1. The van der Waals surface area contributed by atoms with Gasteiger partial charge in [0.05, 0.1) is 6.10 Å². The van der Waals surface area contributed by atoms with Gasteiger partial charge in [-0.3, -0.25) is 0 Å². The van der Waals surface area contributed by atoms with E-state index in [2.05, 4.69) is 10.6 Å². The first kappa shape index (κ1) is 14.8. The molecule has 6 heteroatoms. The third-order valence-electron chi connectivity index (χ3n) is 3.01. The summed E-state index contributed by atoms with van der Waals surface area (Å²) < 4.78 is 5.38. The maximum Gasteiger partial charge on any atom is 0.326 e. The molecule has 0 aromatic carbocycles. The van der Waals surface area contributed by atoms with Gasteiger partial charge in [0.2, 0.25) is 0 Å². The highest BCUT2D eigenvalue weighted by molar-refractivity contribution is 5.82. The second kappa shape index (κ2) is 7.20. The molecule has 0 aliphatic heterocycles. The lowest BCUT2D eigenvalue weighted by atomic mass is 9.89. The molecule has 1 rings (SSSR count). The van der Waals surface area contributed by atoms with Crippen LogP contribution in [-0.2, 0) is 9.53 Å². The van der Waals surface area contributed by atoms with Gasteiger partial charge in [-0.1, -0.05) is 13.3 Å². The Kier molecular flexibility index (Phi) is 5.91. The maximum atomic E-state index is 11.6. The smallest absolute Gasteiger partial charge is 0.326 e. The van der Waals surface area contributed by atoms with E-state index in [1.165, 1.54) is 0 Å². The van der Waals surface area contributed by atoms with Crippen LogP contribution in [0.3, 0.4) is 0 Å². The van der Waals surface area contributed by atoms with Crippen molar-refractivity contribution in [1.29, 1.82) is 0 Å². The lowest BCUT2D eigenvalue weighted by molar-refractivity contribution is -0.139. The van der Waals surface area contributed by atoms with Crippen LogP contribution in [0.1, 0.15) is 39.5 Å². The highest BCUT2D eigenvalue weighted by atomic mass is 16.5. The summed E-state index contributed by atoms with van der Waals surface area (Å²) >= 11 is 0. The van der Waals surface area contributed by atoms with Crippen molar-refractivity contribution in [3.63, 3.8) is 0 Å². The number of rotatable bonds is 7. The minimum atomic E-state index is -0.993. The van der Waals surface area contributed by atoms with Crippen LogP contribution in [0.15, 0.2) is 0 Å². The Hall–Kier alpha value is -1.30. The van der Waals surface area contributed by atoms with Crippen molar-refractivity contribution >= 4 is 12.0 Å². The van der Waals surface area contributed by atoms with Crippen LogP contribution in [0.25, 0.3) is 0 Å². The number of aliphatic carboxylic acids is 1. The van der Waals surface area contributed by atoms with E-state index in [0.717, 1.165) is 12.8 Å². The molecule has 0 radical (unpaired) electrons. The van der Waals surface area contributed by atoms with Gasteiger partial charge in [-0.05, 0) is 26.2 Å². The largest absolute Gasteiger partial charge is 0.480 e. The highest BCUT2D eigenvalue weighted by Crippen LogP contribution is 2.22. The summed E-state index contributed by atoms with van der Waals surface area (Å²) in [6, 6.07) is -1.12. The van der Waals surface area contributed by atoms with E-state index in [0.29, 0.717) is 19.4 Å². The van der Waals surface area contributed by atoms with Gasteiger partial charge in [-0.15, -0.1) is 0 Å². The van der Waals surface area contributed by atoms with Crippen LogP contribution in [-0.4, -0.2) is 41.9 Å². The SMILES string of the molecule is CCC[C@@H](NC(=O)NC1CC(OCC)C1)C(=O)O. The summed E-state index contributed by atoms with van der Waals surface area (Å²) in [5.74, 6) is -0.993. The van der Waals surface area contributed by atoms with E-state index in [1.807, 2.05) is 13.8 Å². The van der Waals surface area contributed by atoms with Crippen LogP contribution in [0, 0.1) is 0 Å². The summed E-state index contributed by atoms with van der Waals surface area (Å²) in [7, 11) is 0. The van der Waals surface area contributed by atoms with Crippen molar-refractivity contribution in [3.8, 4) is 0 Å². The molecule has 0 bridgehead atoms. The van der Waals surface area contributed by atoms with Crippen LogP contribution in [0.4, 0.5) is 4.79 Å². The zero-order valence-corrected chi connectivity index (χ0v) is 10.9. The summed E-state index contributed by atoms with van der Waals surface area (Å²) in [6.07, 6.45) is 2.98. The summed E-state index contributed by atoms with van der Waals surface area (Å²) in [6.45, 7) is 4.50. The number of carboxylic acid groups (broad SMARTS) is 1. The third kappa shape index (κ3) is 4.52. The van der Waals surface area contributed by atoms with Crippen LogP contribution in [0.5, 0.6) is 0 Å². The quantitative estimate of drug-likeness (QED) is 0.638. The summed E-state index contributed by atoms with van der Waals surface area (Å²) in [5, 5.41) is 14.1. The molecule has 0 spiro atoms. The molecule has 3 N–H and O–H groups in total. The van der Waals surface area contributed by atoms with Crippen molar-refractivity contribution in [2.75, 3.05) is 6.61 Å². The van der Waals surface area contributed by atoms with E-state index in [-0.39, 0.29) is 12.1 Å². The van der Waals surface area contributed by atoms with Gasteiger partial charge in [-0.25, -0.2) is 9.59 Å². The molecule has 0 aromatic heterocycles. The van der Waals surface area contributed by atoms with Gasteiger partial charge in [0.15, 0.2) is 0 Å². The van der Waals surface area contributed by atoms with Gasteiger partial charge in [0.1, 0.15) is 6.04 Å². The minimum Gasteiger partial charge on any atom is -0.480 e. The number of carboxylic acids is 1. The van der Waals surface area contributed by atoms with Crippen molar-refractivity contribution in [3.05, 3.63) is 0 Å². The molecule has 2 amide bonds. The fourth-order valence-corrected chi connectivity index (χ4v) is 1.99. The molecule has 1 aliphatic carbocycles. The average molecular weight is 258 g/mol. The van der Waals surface area contributed by atoms with E-state index in [1.54, 1.807) is 0 Å². The van der Waals surface area contributed by atoms with Gasteiger partial charge < -0.3 is 20.5 Å². The Bertz CT molecular complexity index is 290. The predicted octanol–water partition coefficient (Wildman–Crippen LogP) is 1.11. The normalized spacial score (nSPS) is 23.9. The van der Waals surface area contributed by atoms with Gasteiger partial charge in [0, 0.05) is 12.6 Å². The lowest BCUT2D eigenvalue weighted by Crippen LogP contribution is -2.53. The first-order valence-corrected chi connectivity index (χ1v) is 6.48. The molecule has 0 unspecified atom stereocenters. The average Bonchev–Trinajstić information content (AvgIpc) is 2.25. The van der Waals surface area contributed by atoms with Crippen LogP contribution < -0.4 is 10.6 Å². The zero-order valence-electron chi connectivity index (χ0n) is 10.9. The second-order valence-corrected chi connectivity index (χ2v) is 4.54. The Morgan fingerprint density at radius 2 is 2.06 bits per heavy atom. The molecular weight excluding hydrogens is 236 g/mol. The van der Waals surface area contributed by atoms with Crippen molar-refractivity contribution in [2.24, 2.45) is 0 Å². The summed E-state index contributed by atoms with van der Waals surface area (Å²) in [5.41, 5.74) is 0. The number of carbonyl (C=O) groups excluding carboxylic acids is 1.